The zero-order valence-electron chi connectivity index (χ0n) is 10.5. The first-order valence-corrected chi connectivity index (χ1v) is 6.07. The Kier molecular flexibility index (Phi) is 2.80. The number of benzene rings is 2. The standard InChI is InChI=1S/C16H12N2O/c1-11-17-9-8-15(18-11)16(19)14-7-6-12-4-2-3-5-13(12)10-14/h2-10H,1H3. The fraction of sp³-hybridized carbons (Fsp3) is 0.0625. The molecular formula is C16H12N2O. The van der Waals surface area contributed by atoms with Gasteiger partial charge in [0.15, 0.2) is 0 Å². The molecule has 3 nitrogen and oxygen atoms in total. The van der Waals surface area contributed by atoms with E-state index >= 15 is 0 Å². The molecule has 0 atom stereocenters. The van der Waals surface area contributed by atoms with Gasteiger partial charge in [0.25, 0.3) is 0 Å². The van der Waals surface area contributed by atoms with Gasteiger partial charge in [-0.25, -0.2) is 9.97 Å². The maximum Gasteiger partial charge on any atom is 0.211 e. The van der Waals surface area contributed by atoms with Crippen LogP contribution in [0.5, 0.6) is 0 Å². The van der Waals surface area contributed by atoms with E-state index in [1.165, 1.54) is 0 Å². The molecule has 1 aromatic heterocycles. The predicted molar refractivity (Wildman–Crippen MR) is 74.1 cm³/mol. The van der Waals surface area contributed by atoms with Gasteiger partial charge in [0.05, 0.1) is 0 Å². The van der Waals surface area contributed by atoms with Crippen molar-refractivity contribution in [1.29, 1.82) is 0 Å². The number of carbonyl (C=O) groups excluding carboxylic acids is 1. The molecule has 19 heavy (non-hydrogen) atoms. The first kappa shape index (κ1) is 11.5. The Balaban J connectivity index is 2.06. The molecule has 3 aromatic rings. The number of nitrogens with zero attached hydrogens (tertiary/aromatic N) is 2. The second kappa shape index (κ2) is 4.61. The summed E-state index contributed by atoms with van der Waals surface area (Å²) in [4.78, 5) is 20.5. The average molecular weight is 248 g/mol. The number of rotatable bonds is 2. The molecule has 0 amide bonds. The van der Waals surface area contributed by atoms with Crippen LogP contribution in [0.2, 0.25) is 0 Å². The van der Waals surface area contributed by atoms with Crippen molar-refractivity contribution in [3.8, 4) is 0 Å². The number of fused-ring (bicyclic) bond motifs is 1. The number of hydrogen-bond acceptors (Lipinski definition) is 3. The number of aromatic nitrogens is 2. The molecule has 0 unspecified atom stereocenters. The lowest BCUT2D eigenvalue weighted by Crippen LogP contribution is -2.05. The zero-order valence-corrected chi connectivity index (χ0v) is 10.5. The average Bonchev–Trinajstić information content (AvgIpc) is 2.46. The molecule has 0 bridgehead atoms. The van der Waals surface area contributed by atoms with Crippen molar-refractivity contribution in [2.24, 2.45) is 0 Å². The molecule has 0 fully saturated rings. The van der Waals surface area contributed by atoms with Gasteiger partial charge in [0, 0.05) is 11.8 Å². The van der Waals surface area contributed by atoms with Gasteiger partial charge in [0.2, 0.25) is 5.78 Å². The van der Waals surface area contributed by atoms with Gasteiger partial charge in [-0.2, -0.15) is 0 Å². The minimum Gasteiger partial charge on any atom is -0.287 e. The summed E-state index contributed by atoms with van der Waals surface area (Å²) >= 11 is 0. The van der Waals surface area contributed by atoms with E-state index in [2.05, 4.69) is 9.97 Å². The third-order valence-corrected chi connectivity index (χ3v) is 3.02. The summed E-state index contributed by atoms with van der Waals surface area (Å²) < 4.78 is 0. The highest BCUT2D eigenvalue weighted by atomic mass is 16.1. The van der Waals surface area contributed by atoms with Gasteiger partial charge in [-0.15, -0.1) is 0 Å². The van der Waals surface area contributed by atoms with Crippen molar-refractivity contribution < 1.29 is 4.79 Å². The summed E-state index contributed by atoms with van der Waals surface area (Å²) in [7, 11) is 0. The first-order valence-electron chi connectivity index (χ1n) is 6.07. The third-order valence-electron chi connectivity index (χ3n) is 3.02. The van der Waals surface area contributed by atoms with Crippen molar-refractivity contribution >= 4 is 16.6 Å². The summed E-state index contributed by atoms with van der Waals surface area (Å²) in [5.74, 6) is 0.530. The fourth-order valence-electron chi connectivity index (χ4n) is 2.06. The van der Waals surface area contributed by atoms with Crippen molar-refractivity contribution in [2.75, 3.05) is 0 Å². The van der Waals surface area contributed by atoms with E-state index in [4.69, 9.17) is 0 Å². The van der Waals surface area contributed by atoms with Crippen LogP contribution in [-0.4, -0.2) is 15.8 Å². The van der Waals surface area contributed by atoms with Gasteiger partial charge in [-0.05, 0) is 29.8 Å². The molecule has 3 rings (SSSR count). The number of hydrogen-bond donors (Lipinski definition) is 0. The smallest absolute Gasteiger partial charge is 0.211 e. The minimum absolute atomic E-state index is 0.0729. The van der Waals surface area contributed by atoms with E-state index in [0.717, 1.165) is 10.8 Å². The highest BCUT2D eigenvalue weighted by Gasteiger charge is 2.11. The number of ketones is 1. The van der Waals surface area contributed by atoms with Crippen LogP contribution in [0.15, 0.2) is 54.7 Å². The van der Waals surface area contributed by atoms with Crippen molar-refractivity contribution in [2.45, 2.75) is 6.92 Å². The molecule has 0 saturated heterocycles. The molecule has 92 valence electrons. The van der Waals surface area contributed by atoms with E-state index in [9.17, 15) is 4.79 Å². The normalized spacial score (nSPS) is 10.6. The highest BCUT2D eigenvalue weighted by Crippen LogP contribution is 2.17. The Morgan fingerprint density at radius 3 is 2.58 bits per heavy atom. The molecular weight excluding hydrogens is 236 g/mol. The van der Waals surface area contributed by atoms with Crippen LogP contribution in [0.3, 0.4) is 0 Å². The molecule has 0 aliphatic heterocycles. The first-order chi connectivity index (χ1) is 9.24. The van der Waals surface area contributed by atoms with Crippen molar-refractivity contribution in [3.05, 3.63) is 71.8 Å². The Labute approximate surface area is 111 Å². The highest BCUT2D eigenvalue weighted by molar-refractivity contribution is 6.09. The van der Waals surface area contributed by atoms with E-state index in [-0.39, 0.29) is 5.78 Å². The van der Waals surface area contributed by atoms with Crippen LogP contribution >= 0.6 is 0 Å². The summed E-state index contributed by atoms with van der Waals surface area (Å²) in [5.41, 5.74) is 1.08. The molecule has 0 aliphatic carbocycles. The third kappa shape index (κ3) is 2.22. The molecule has 0 saturated carbocycles. The molecule has 0 spiro atoms. The Morgan fingerprint density at radius 1 is 1.00 bits per heavy atom. The van der Waals surface area contributed by atoms with Gasteiger partial charge < -0.3 is 0 Å². The summed E-state index contributed by atoms with van der Waals surface area (Å²) in [6.45, 7) is 1.77. The topological polar surface area (TPSA) is 42.9 Å². The minimum atomic E-state index is -0.0729. The molecule has 3 heteroatoms. The van der Waals surface area contributed by atoms with Crippen LogP contribution < -0.4 is 0 Å². The lowest BCUT2D eigenvalue weighted by Gasteiger charge is -2.03. The van der Waals surface area contributed by atoms with Gasteiger partial charge >= 0.3 is 0 Å². The molecule has 2 aromatic carbocycles. The van der Waals surface area contributed by atoms with Crippen LogP contribution in [-0.2, 0) is 0 Å². The summed E-state index contributed by atoms with van der Waals surface area (Å²) in [5, 5.41) is 2.18. The van der Waals surface area contributed by atoms with Crippen molar-refractivity contribution in [1.82, 2.24) is 9.97 Å². The monoisotopic (exact) mass is 248 g/mol. The largest absolute Gasteiger partial charge is 0.287 e. The quantitative estimate of drug-likeness (QED) is 0.654. The lowest BCUT2D eigenvalue weighted by atomic mass is 10.0. The van der Waals surface area contributed by atoms with Gasteiger partial charge in [0.1, 0.15) is 11.5 Å². The molecule has 0 radical (unpaired) electrons. The maximum atomic E-state index is 12.4. The van der Waals surface area contributed by atoms with Crippen LogP contribution in [0.1, 0.15) is 21.9 Å². The molecule has 0 aliphatic rings. The molecule has 1 heterocycles. The van der Waals surface area contributed by atoms with Crippen LogP contribution in [0.25, 0.3) is 10.8 Å². The predicted octanol–water partition coefficient (Wildman–Crippen LogP) is 3.17. The van der Waals surface area contributed by atoms with E-state index in [0.29, 0.717) is 17.1 Å². The van der Waals surface area contributed by atoms with E-state index in [1.807, 2.05) is 42.5 Å². The second-order valence-corrected chi connectivity index (χ2v) is 4.38. The van der Waals surface area contributed by atoms with Crippen LogP contribution in [0, 0.1) is 6.92 Å². The van der Waals surface area contributed by atoms with E-state index in [1.54, 1.807) is 19.2 Å². The lowest BCUT2D eigenvalue weighted by molar-refractivity contribution is 0.103. The Morgan fingerprint density at radius 2 is 1.79 bits per heavy atom. The number of carbonyl (C=O) groups is 1. The Bertz CT molecular complexity index is 765. The SMILES string of the molecule is Cc1nccc(C(=O)c2ccc3ccccc3c2)n1. The maximum absolute atomic E-state index is 12.4. The summed E-state index contributed by atoms with van der Waals surface area (Å²) in [6.07, 6.45) is 1.61. The van der Waals surface area contributed by atoms with E-state index < -0.39 is 0 Å². The van der Waals surface area contributed by atoms with Gasteiger partial charge in [-0.1, -0.05) is 36.4 Å². The summed E-state index contributed by atoms with van der Waals surface area (Å²) in [6, 6.07) is 15.3. The van der Waals surface area contributed by atoms with Gasteiger partial charge in [-0.3, -0.25) is 4.79 Å². The fourth-order valence-corrected chi connectivity index (χ4v) is 2.06. The number of aryl methyl sites for hydroxylation is 1. The zero-order chi connectivity index (χ0) is 13.2. The van der Waals surface area contributed by atoms with Crippen LogP contribution in [0.4, 0.5) is 0 Å². The van der Waals surface area contributed by atoms with Crippen molar-refractivity contribution in [3.63, 3.8) is 0 Å². The second-order valence-electron chi connectivity index (χ2n) is 4.38. The molecule has 0 N–H and O–H groups in total. The Hall–Kier alpha value is -2.55.